The highest BCUT2D eigenvalue weighted by Gasteiger charge is 2.45. The highest BCUT2D eigenvalue weighted by molar-refractivity contribution is 6.42. The lowest BCUT2D eigenvalue weighted by Gasteiger charge is -2.44. The number of aliphatic hydroxyl groups excluding tert-OH is 1. The molecule has 0 spiro atoms. The standard InChI is InChI=1S/C16H21Cl2NO2/c1-15(2)7-11(20)8-16(3,9-15)14(21)19-10-4-5-12(17)13(18)6-10/h4-6,11,20H,7-9H2,1-3H3,(H,19,21). The molecular formula is C16H21Cl2NO2. The number of anilines is 1. The second kappa shape index (κ2) is 5.79. The fourth-order valence-corrected chi connectivity index (χ4v) is 3.76. The molecular weight excluding hydrogens is 309 g/mol. The molecule has 1 saturated carbocycles. The number of aliphatic hydroxyl groups is 1. The molecule has 0 radical (unpaired) electrons. The first-order valence-corrected chi connectivity index (χ1v) is 7.81. The van der Waals surface area contributed by atoms with Crippen molar-refractivity contribution in [2.75, 3.05) is 5.32 Å². The van der Waals surface area contributed by atoms with Crippen molar-refractivity contribution >= 4 is 34.8 Å². The average Bonchev–Trinajstić information content (AvgIpc) is 2.30. The summed E-state index contributed by atoms with van der Waals surface area (Å²) in [4.78, 5) is 12.6. The summed E-state index contributed by atoms with van der Waals surface area (Å²) in [6.45, 7) is 6.07. The molecule has 1 fully saturated rings. The Hall–Kier alpha value is -0.770. The maximum absolute atomic E-state index is 12.6. The molecule has 2 atom stereocenters. The van der Waals surface area contributed by atoms with Crippen molar-refractivity contribution in [2.45, 2.75) is 46.1 Å². The first kappa shape index (κ1) is 16.6. The highest BCUT2D eigenvalue weighted by Crippen LogP contribution is 2.46. The van der Waals surface area contributed by atoms with E-state index >= 15 is 0 Å². The molecule has 0 saturated heterocycles. The van der Waals surface area contributed by atoms with Crippen molar-refractivity contribution in [3.05, 3.63) is 28.2 Å². The van der Waals surface area contributed by atoms with Crippen molar-refractivity contribution < 1.29 is 9.90 Å². The highest BCUT2D eigenvalue weighted by atomic mass is 35.5. The summed E-state index contributed by atoms with van der Waals surface area (Å²) >= 11 is 11.8. The quantitative estimate of drug-likeness (QED) is 0.838. The molecule has 2 rings (SSSR count). The largest absolute Gasteiger partial charge is 0.393 e. The summed E-state index contributed by atoms with van der Waals surface area (Å²) in [6, 6.07) is 5.01. The third kappa shape index (κ3) is 3.91. The van der Waals surface area contributed by atoms with Crippen molar-refractivity contribution in [2.24, 2.45) is 10.8 Å². The Kier molecular flexibility index (Phi) is 4.57. The number of rotatable bonds is 2. The summed E-state index contributed by atoms with van der Waals surface area (Å²) < 4.78 is 0. The zero-order valence-corrected chi connectivity index (χ0v) is 14.1. The molecule has 5 heteroatoms. The zero-order valence-electron chi connectivity index (χ0n) is 12.5. The molecule has 0 heterocycles. The summed E-state index contributed by atoms with van der Waals surface area (Å²) in [5, 5.41) is 13.8. The first-order valence-electron chi connectivity index (χ1n) is 7.06. The van der Waals surface area contributed by atoms with Crippen LogP contribution in [-0.4, -0.2) is 17.1 Å². The van der Waals surface area contributed by atoms with Gasteiger partial charge in [0.2, 0.25) is 5.91 Å². The number of hydrogen-bond donors (Lipinski definition) is 2. The molecule has 1 aromatic rings. The predicted molar refractivity (Wildman–Crippen MR) is 86.8 cm³/mol. The molecule has 2 unspecified atom stereocenters. The molecule has 3 nitrogen and oxygen atoms in total. The molecule has 0 aliphatic heterocycles. The van der Waals surface area contributed by atoms with Gasteiger partial charge in [0.15, 0.2) is 0 Å². The van der Waals surface area contributed by atoms with Gasteiger partial charge in [-0.2, -0.15) is 0 Å². The molecule has 0 bridgehead atoms. The number of benzene rings is 1. The minimum absolute atomic E-state index is 0.0542. The molecule has 1 aromatic carbocycles. The Balaban J connectivity index is 2.16. The van der Waals surface area contributed by atoms with Crippen LogP contribution in [0.15, 0.2) is 18.2 Å². The van der Waals surface area contributed by atoms with Crippen LogP contribution in [-0.2, 0) is 4.79 Å². The van der Waals surface area contributed by atoms with Crippen LogP contribution in [0, 0.1) is 10.8 Å². The molecule has 1 aliphatic rings. The summed E-state index contributed by atoms with van der Waals surface area (Å²) in [5.41, 5.74) is -0.0252. The fraction of sp³-hybridized carbons (Fsp3) is 0.562. The third-order valence-corrected chi connectivity index (χ3v) is 4.81. The lowest BCUT2D eigenvalue weighted by molar-refractivity contribution is -0.132. The van der Waals surface area contributed by atoms with Gasteiger partial charge in [0.05, 0.1) is 16.1 Å². The van der Waals surface area contributed by atoms with Gasteiger partial charge in [-0.3, -0.25) is 4.79 Å². The van der Waals surface area contributed by atoms with Gasteiger partial charge in [-0.1, -0.05) is 44.0 Å². The second-order valence-electron chi connectivity index (χ2n) is 7.05. The average molecular weight is 330 g/mol. The monoisotopic (exact) mass is 329 g/mol. The van der Waals surface area contributed by atoms with Gasteiger partial charge in [-0.05, 0) is 42.9 Å². The number of nitrogens with one attached hydrogen (secondary N) is 1. The molecule has 1 amide bonds. The van der Waals surface area contributed by atoms with Crippen molar-refractivity contribution in [1.82, 2.24) is 0 Å². The Morgan fingerprint density at radius 2 is 1.90 bits per heavy atom. The van der Waals surface area contributed by atoms with Crippen molar-refractivity contribution in [1.29, 1.82) is 0 Å². The molecule has 21 heavy (non-hydrogen) atoms. The minimum atomic E-state index is -0.590. The van der Waals surface area contributed by atoms with Gasteiger partial charge < -0.3 is 10.4 Å². The number of hydrogen-bond acceptors (Lipinski definition) is 2. The summed E-state index contributed by atoms with van der Waals surface area (Å²) in [5.74, 6) is -0.0901. The molecule has 1 aliphatic carbocycles. The van der Waals surface area contributed by atoms with Crippen LogP contribution in [0.5, 0.6) is 0 Å². The second-order valence-corrected chi connectivity index (χ2v) is 7.86. The van der Waals surface area contributed by atoms with Gasteiger partial charge in [0.25, 0.3) is 0 Å². The maximum Gasteiger partial charge on any atom is 0.230 e. The molecule has 0 aromatic heterocycles. The van der Waals surface area contributed by atoms with Crippen LogP contribution in [0.3, 0.4) is 0 Å². The van der Waals surface area contributed by atoms with E-state index in [1.165, 1.54) is 0 Å². The van der Waals surface area contributed by atoms with E-state index < -0.39 is 11.5 Å². The van der Waals surface area contributed by atoms with Crippen LogP contribution in [0.2, 0.25) is 10.0 Å². The van der Waals surface area contributed by atoms with Gasteiger partial charge in [-0.15, -0.1) is 0 Å². The Labute approximate surface area is 135 Å². The Morgan fingerprint density at radius 1 is 1.24 bits per heavy atom. The van der Waals surface area contributed by atoms with Gasteiger partial charge >= 0.3 is 0 Å². The molecule has 116 valence electrons. The first-order chi connectivity index (χ1) is 9.61. The smallest absolute Gasteiger partial charge is 0.230 e. The van der Waals surface area contributed by atoms with E-state index in [4.69, 9.17) is 23.2 Å². The SMILES string of the molecule is CC1(C)CC(O)CC(C)(C(=O)Nc2ccc(Cl)c(Cl)c2)C1. The Morgan fingerprint density at radius 3 is 2.48 bits per heavy atom. The van der Waals surface area contributed by atoms with E-state index in [0.717, 1.165) is 12.8 Å². The lowest BCUT2D eigenvalue weighted by Crippen LogP contribution is -2.45. The van der Waals surface area contributed by atoms with Gasteiger partial charge in [0, 0.05) is 11.1 Å². The zero-order chi connectivity index (χ0) is 15.8. The third-order valence-electron chi connectivity index (χ3n) is 4.07. The van der Waals surface area contributed by atoms with E-state index in [2.05, 4.69) is 19.2 Å². The summed E-state index contributed by atoms with van der Waals surface area (Å²) in [7, 11) is 0. The van der Waals surface area contributed by atoms with Gasteiger partial charge in [-0.25, -0.2) is 0 Å². The van der Waals surface area contributed by atoms with Crippen LogP contribution < -0.4 is 5.32 Å². The topological polar surface area (TPSA) is 49.3 Å². The van der Waals surface area contributed by atoms with Gasteiger partial charge in [0.1, 0.15) is 0 Å². The number of halogens is 2. The lowest BCUT2D eigenvalue weighted by atomic mass is 9.63. The van der Waals surface area contributed by atoms with Crippen LogP contribution >= 0.6 is 23.2 Å². The number of carbonyl (C=O) groups excluding carboxylic acids is 1. The van der Waals surface area contributed by atoms with E-state index in [1.54, 1.807) is 18.2 Å². The number of carbonyl (C=O) groups is 1. The normalized spacial score (nSPS) is 28.2. The van der Waals surface area contributed by atoms with E-state index in [1.807, 2.05) is 6.92 Å². The van der Waals surface area contributed by atoms with Crippen LogP contribution in [0.25, 0.3) is 0 Å². The fourth-order valence-electron chi connectivity index (χ4n) is 3.46. The van der Waals surface area contributed by atoms with Crippen molar-refractivity contribution in [3.63, 3.8) is 0 Å². The van der Waals surface area contributed by atoms with E-state index in [0.29, 0.717) is 22.2 Å². The minimum Gasteiger partial charge on any atom is -0.393 e. The predicted octanol–water partition coefficient (Wildman–Crippen LogP) is 4.51. The number of amides is 1. The maximum atomic E-state index is 12.6. The Bertz CT molecular complexity index is 559. The molecule has 2 N–H and O–H groups in total. The summed E-state index contributed by atoms with van der Waals surface area (Å²) in [6.07, 6.45) is 1.49. The van der Waals surface area contributed by atoms with E-state index in [9.17, 15) is 9.90 Å². The van der Waals surface area contributed by atoms with Crippen LogP contribution in [0.1, 0.15) is 40.0 Å². The van der Waals surface area contributed by atoms with Crippen molar-refractivity contribution in [3.8, 4) is 0 Å². The van der Waals surface area contributed by atoms with Crippen LogP contribution in [0.4, 0.5) is 5.69 Å². The van der Waals surface area contributed by atoms with E-state index in [-0.39, 0.29) is 11.3 Å².